The van der Waals surface area contributed by atoms with Gasteiger partial charge in [-0.15, -0.1) is 12.4 Å². The molecule has 4 N–H and O–H groups in total. The lowest BCUT2D eigenvalue weighted by molar-refractivity contribution is 0.0933. The molecule has 0 radical (unpaired) electrons. The monoisotopic (exact) mass is 411 g/mol. The number of nitrogens with one attached hydrogen (secondary N) is 2. The van der Waals surface area contributed by atoms with Crippen LogP contribution in [0.15, 0.2) is 59.5 Å². The molecule has 6 nitrogen and oxygen atoms in total. The van der Waals surface area contributed by atoms with Gasteiger partial charge in [0.1, 0.15) is 0 Å². The van der Waals surface area contributed by atoms with Crippen molar-refractivity contribution in [2.24, 2.45) is 11.7 Å². The molecule has 148 valence electrons. The van der Waals surface area contributed by atoms with E-state index in [9.17, 15) is 13.2 Å². The van der Waals surface area contributed by atoms with Crippen molar-refractivity contribution in [3.63, 3.8) is 0 Å². The van der Waals surface area contributed by atoms with Gasteiger partial charge in [0.25, 0.3) is 15.9 Å². The number of para-hydroxylation sites is 1. The second kappa shape index (κ2) is 10.3. The van der Waals surface area contributed by atoms with Crippen LogP contribution >= 0.6 is 12.4 Å². The molecule has 0 bridgehead atoms. The number of sulfonamides is 1. The maximum Gasteiger partial charge on any atom is 0.261 e. The highest BCUT2D eigenvalue weighted by atomic mass is 35.5. The molecule has 0 spiro atoms. The van der Waals surface area contributed by atoms with Crippen molar-refractivity contribution in [3.8, 4) is 0 Å². The van der Waals surface area contributed by atoms with Gasteiger partial charge in [-0.2, -0.15) is 0 Å². The average molecular weight is 412 g/mol. The van der Waals surface area contributed by atoms with Gasteiger partial charge in [-0.05, 0) is 48.7 Å². The molecule has 27 heavy (non-hydrogen) atoms. The molecule has 0 fully saturated rings. The molecule has 0 aliphatic heterocycles. The number of halogens is 1. The Morgan fingerprint density at radius 2 is 1.63 bits per heavy atom. The highest BCUT2D eigenvalue weighted by molar-refractivity contribution is 7.92. The van der Waals surface area contributed by atoms with Gasteiger partial charge in [0.2, 0.25) is 0 Å². The van der Waals surface area contributed by atoms with Crippen molar-refractivity contribution in [2.75, 3.05) is 11.3 Å². The predicted octanol–water partition coefficient (Wildman–Crippen LogP) is 3.01. The van der Waals surface area contributed by atoms with Crippen molar-refractivity contribution in [3.05, 3.63) is 60.2 Å². The SMILES string of the molecule is CC(C)CC(CN)NC(=O)c1ccc(S(=O)(=O)Nc2ccccc2)cc1.Cl. The molecule has 8 heteroatoms. The summed E-state index contributed by atoms with van der Waals surface area (Å²) in [4.78, 5) is 12.4. The second-order valence-electron chi connectivity index (χ2n) is 6.53. The van der Waals surface area contributed by atoms with E-state index in [-0.39, 0.29) is 29.3 Å². The molecule has 1 atom stereocenters. The van der Waals surface area contributed by atoms with Gasteiger partial charge in [-0.25, -0.2) is 8.42 Å². The molecular formula is C19H26ClN3O3S. The quantitative estimate of drug-likeness (QED) is 0.621. The zero-order valence-corrected chi connectivity index (χ0v) is 17.0. The number of carbonyl (C=O) groups is 1. The molecule has 0 saturated carbocycles. The standard InChI is InChI=1S/C19H25N3O3S.ClH/c1-14(2)12-17(13-20)21-19(23)15-8-10-18(11-9-15)26(24,25)22-16-6-4-3-5-7-16;/h3-11,14,17,22H,12-13,20H2,1-2H3,(H,21,23);1H. The molecule has 0 aromatic heterocycles. The molecule has 1 amide bonds. The average Bonchev–Trinajstić information content (AvgIpc) is 2.61. The van der Waals surface area contributed by atoms with E-state index >= 15 is 0 Å². The van der Waals surface area contributed by atoms with Gasteiger partial charge in [0, 0.05) is 23.8 Å². The summed E-state index contributed by atoms with van der Waals surface area (Å²) >= 11 is 0. The second-order valence-corrected chi connectivity index (χ2v) is 8.21. The minimum absolute atomic E-state index is 0. The third-order valence-electron chi connectivity index (χ3n) is 3.83. The molecule has 0 aliphatic rings. The van der Waals surface area contributed by atoms with Crippen LogP contribution in [0.5, 0.6) is 0 Å². The minimum Gasteiger partial charge on any atom is -0.348 e. The van der Waals surface area contributed by atoms with Crippen LogP contribution in [0.3, 0.4) is 0 Å². The Balaban J connectivity index is 0.00000364. The lowest BCUT2D eigenvalue weighted by Crippen LogP contribution is -2.41. The number of nitrogens with two attached hydrogens (primary N) is 1. The predicted molar refractivity (Wildman–Crippen MR) is 111 cm³/mol. The molecule has 2 aromatic rings. The molecule has 1 unspecified atom stereocenters. The summed E-state index contributed by atoms with van der Waals surface area (Å²) in [7, 11) is -3.70. The van der Waals surface area contributed by atoms with Crippen LogP contribution in [-0.2, 0) is 10.0 Å². The molecule has 2 aromatic carbocycles. The summed E-state index contributed by atoms with van der Waals surface area (Å²) in [6.45, 7) is 4.49. The zero-order valence-electron chi connectivity index (χ0n) is 15.4. The lowest BCUT2D eigenvalue weighted by atomic mass is 10.0. The van der Waals surface area contributed by atoms with Gasteiger partial charge in [0.15, 0.2) is 0 Å². The smallest absolute Gasteiger partial charge is 0.261 e. The van der Waals surface area contributed by atoms with E-state index in [0.29, 0.717) is 23.7 Å². The van der Waals surface area contributed by atoms with Crippen molar-refractivity contribution in [1.82, 2.24) is 5.32 Å². The minimum atomic E-state index is -3.70. The van der Waals surface area contributed by atoms with Crippen LogP contribution in [0.1, 0.15) is 30.6 Å². The first-order valence-electron chi connectivity index (χ1n) is 8.50. The van der Waals surface area contributed by atoms with Crippen LogP contribution in [0.25, 0.3) is 0 Å². The Kier molecular flexibility index (Phi) is 8.75. The number of benzene rings is 2. The summed E-state index contributed by atoms with van der Waals surface area (Å²) in [5.41, 5.74) is 6.57. The molecule has 0 saturated heterocycles. The maximum absolute atomic E-state index is 12.4. The van der Waals surface area contributed by atoms with E-state index in [1.165, 1.54) is 24.3 Å². The largest absolute Gasteiger partial charge is 0.348 e. The van der Waals surface area contributed by atoms with Crippen molar-refractivity contribution in [1.29, 1.82) is 0 Å². The van der Waals surface area contributed by atoms with Gasteiger partial charge in [-0.1, -0.05) is 32.0 Å². The molecule has 2 rings (SSSR count). The van der Waals surface area contributed by atoms with E-state index in [1.807, 2.05) is 0 Å². The van der Waals surface area contributed by atoms with Crippen LogP contribution in [0.2, 0.25) is 0 Å². The number of rotatable bonds is 8. The van der Waals surface area contributed by atoms with Gasteiger partial charge < -0.3 is 11.1 Å². The summed E-state index contributed by atoms with van der Waals surface area (Å²) in [5, 5.41) is 2.88. The Bertz CT molecular complexity index is 825. The highest BCUT2D eigenvalue weighted by Gasteiger charge is 2.17. The Labute approximate surface area is 167 Å². The number of anilines is 1. The molecular weight excluding hydrogens is 386 g/mol. The van der Waals surface area contributed by atoms with Crippen LogP contribution < -0.4 is 15.8 Å². The maximum atomic E-state index is 12.4. The number of amides is 1. The van der Waals surface area contributed by atoms with E-state index in [0.717, 1.165) is 6.42 Å². The molecule has 0 heterocycles. The van der Waals surface area contributed by atoms with E-state index in [1.54, 1.807) is 30.3 Å². The first kappa shape index (κ1) is 23.0. The fourth-order valence-electron chi connectivity index (χ4n) is 2.56. The van der Waals surface area contributed by atoms with E-state index in [4.69, 9.17) is 5.73 Å². The summed E-state index contributed by atoms with van der Waals surface area (Å²) < 4.78 is 27.3. The highest BCUT2D eigenvalue weighted by Crippen LogP contribution is 2.16. The Morgan fingerprint density at radius 1 is 1.04 bits per heavy atom. The first-order chi connectivity index (χ1) is 12.3. The van der Waals surface area contributed by atoms with Crippen LogP contribution in [-0.4, -0.2) is 26.9 Å². The molecule has 0 aliphatic carbocycles. The van der Waals surface area contributed by atoms with Crippen molar-refractivity contribution >= 4 is 34.0 Å². The van der Waals surface area contributed by atoms with E-state index < -0.39 is 10.0 Å². The Morgan fingerprint density at radius 3 is 2.15 bits per heavy atom. The fraction of sp³-hybridized carbons (Fsp3) is 0.316. The van der Waals surface area contributed by atoms with Gasteiger partial charge >= 0.3 is 0 Å². The van der Waals surface area contributed by atoms with Gasteiger partial charge in [-0.3, -0.25) is 9.52 Å². The normalized spacial score (nSPS) is 12.1. The first-order valence-corrected chi connectivity index (χ1v) is 9.99. The number of carbonyl (C=O) groups excluding carboxylic acids is 1. The summed E-state index contributed by atoms with van der Waals surface area (Å²) in [6, 6.07) is 14.4. The Hall–Kier alpha value is -2.09. The van der Waals surface area contributed by atoms with Crippen LogP contribution in [0, 0.1) is 5.92 Å². The number of hydrogen-bond acceptors (Lipinski definition) is 4. The van der Waals surface area contributed by atoms with Crippen molar-refractivity contribution in [2.45, 2.75) is 31.2 Å². The lowest BCUT2D eigenvalue weighted by Gasteiger charge is -2.19. The summed E-state index contributed by atoms with van der Waals surface area (Å²) in [6.07, 6.45) is 0.787. The number of hydrogen-bond donors (Lipinski definition) is 3. The zero-order chi connectivity index (χ0) is 19.2. The topological polar surface area (TPSA) is 101 Å². The third-order valence-corrected chi connectivity index (χ3v) is 5.23. The van der Waals surface area contributed by atoms with Crippen LogP contribution in [0.4, 0.5) is 5.69 Å². The van der Waals surface area contributed by atoms with Gasteiger partial charge in [0.05, 0.1) is 4.90 Å². The summed E-state index contributed by atoms with van der Waals surface area (Å²) in [5.74, 6) is 0.154. The fourth-order valence-corrected chi connectivity index (χ4v) is 3.62. The van der Waals surface area contributed by atoms with Crippen molar-refractivity contribution < 1.29 is 13.2 Å². The third kappa shape index (κ3) is 6.86. The van der Waals surface area contributed by atoms with E-state index in [2.05, 4.69) is 23.9 Å².